The third-order valence-corrected chi connectivity index (χ3v) is 3.92. The monoisotopic (exact) mass is 259 g/mol. The molecule has 18 heavy (non-hydrogen) atoms. The molecule has 1 N–H and O–H groups in total. The Morgan fingerprint density at radius 1 is 1.17 bits per heavy atom. The Hall–Kier alpha value is -1.32. The average molecular weight is 259 g/mol. The van der Waals surface area contributed by atoms with Crippen molar-refractivity contribution in [1.82, 2.24) is 4.98 Å². The predicted molar refractivity (Wildman–Crippen MR) is 74.9 cm³/mol. The molecule has 1 atom stereocenters. The smallest absolute Gasteiger partial charge is 0.101 e. The molecule has 0 fully saturated rings. The fourth-order valence-corrected chi connectivity index (χ4v) is 2.55. The van der Waals surface area contributed by atoms with Gasteiger partial charge in [0.2, 0.25) is 0 Å². The lowest BCUT2D eigenvalue weighted by Gasteiger charge is -2.07. The highest BCUT2D eigenvalue weighted by Crippen LogP contribution is 2.29. The molecule has 0 unspecified atom stereocenters. The first-order valence-electron chi connectivity index (χ1n) is 5.95. The summed E-state index contributed by atoms with van der Waals surface area (Å²) in [5.74, 6) is 0. The molecule has 94 valence electrons. The number of rotatable bonds is 3. The molecule has 0 bridgehead atoms. The molecule has 0 aliphatic heterocycles. The van der Waals surface area contributed by atoms with Crippen molar-refractivity contribution in [3.63, 3.8) is 0 Å². The normalized spacial score (nSPS) is 12.4. The van der Waals surface area contributed by atoms with E-state index in [1.54, 1.807) is 24.9 Å². The zero-order valence-electron chi connectivity index (χ0n) is 10.8. The number of aliphatic hydroxyl groups excluding tert-OH is 1. The lowest BCUT2D eigenvalue weighted by molar-refractivity contribution is 0.198. The Balaban J connectivity index is 2.18. The third-order valence-electron chi connectivity index (χ3n) is 2.79. The summed E-state index contributed by atoms with van der Waals surface area (Å²) in [6, 6.07) is 10.3. The fourth-order valence-electron chi connectivity index (χ4n) is 1.73. The molecule has 3 heteroatoms. The molecule has 2 aromatic rings. The molecule has 0 saturated carbocycles. The zero-order chi connectivity index (χ0) is 13.1. The summed E-state index contributed by atoms with van der Waals surface area (Å²) in [6.07, 6.45) is 1.27. The van der Waals surface area contributed by atoms with Crippen LogP contribution < -0.4 is 0 Å². The standard InChI is InChI=1S/C15H17NOS/c1-10-4-6-14(11(2)8-10)18-15-7-5-13(9-16-15)12(3)17/h4-9,12,17H,1-3H3/t12-/m1/s1. The quantitative estimate of drug-likeness (QED) is 0.907. The molecule has 0 radical (unpaired) electrons. The number of hydrogen-bond acceptors (Lipinski definition) is 3. The van der Waals surface area contributed by atoms with Crippen LogP contribution in [0.2, 0.25) is 0 Å². The van der Waals surface area contributed by atoms with Gasteiger partial charge in [-0.1, -0.05) is 35.5 Å². The predicted octanol–water partition coefficient (Wildman–Crippen LogP) is 3.90. The Labute approximate surface area is 112 Å². The summed E-state index contributed by atoms with van der Waals surface area (Å²) in [6.45, 7) is 5.95. The molecule has 2 nitrogen and oxygen atoms in total. The van der Waals surface area contributed by atoms with E-state index in [1.807, 2.05) is 12.1 Å². The molecule has 0 saturated heterocycles. The molecule has 0 aliphatic carbocycles. The van der Waals surface area contributed by atoms with Gasteiger partial charge >= 0.3 is 0 Å². The van der Waals surface area contributed by atoms with Gasteiger partial charge in [-0.3, -0.25) is 0 Å². The van der Waals surface area contributed by atoms with Gasteiger partial charge in [0.25, 0.3) is 0 Å². The Kier molecular flexibility index (Phi) is 4.04. The van der Waals surface area contributed by atoms with Crippen LogP contribution in [0.5, 0.6) is 0 Å². The van der Waals surface area contributed by atoms with E-state index in [0.29, 0.717) is 0 Å². The molecular weight excluding hydrogens is 242 g/mol. The molecule has 1 heterocycles. The first-order chi connectivity index (χ1) is 8.56. The van der Waals surface area contributed by atoms with E-state index in [9.17, 15) is 5.11 Å². The second-order valence-electron chi connectivity index (χ2n) is 4.48. The Morgan fingerprint density at radius 2 is 1.94 bits per heavy atom. The molecule has 1 aromatic heterocycles. The molecular formula is C15H17NOS. The van der Waals surface area contributed by atoms with Crippen LogP contribution in [0.25, 0.3) is 0 Å². The van der Waals surface area contributed by atoms with E-state index >= 15 is 0 Å². The van der Waals surface area contributed by atoms with Crippen molar-refractivity contribution in [3.05, 3.63) is 53.2 Å². The highest BCUT2D eigenvalue weighted by atomic mass is 32.2. The average Bonchev–Trinajstić information content (AvgIpc) is 2.33. The van der Waals surface area contributed by atoms with Crippen molar-refractivity contribution in [2.45, 2.75) is 36.8 Å². The second-order valence-corrected chi connectivity index (χ2v) is 5.54. The largest absolute Gasteiger partial charge is 0.389 e. The summed E-state index contributed by atoms with van der Waals surface area (Å²) in [7, 11) is 0. The van der Waals surface area contributed by atoms with Gasteiger partial charge < -0.3 is 5.11 Å². The van der Waals surface area contributed by atoms with Crippen molar-refractivity contribution in [2.75, 3.05) is 0 Å². The summed E-state index contributed by atoms with van der Waals surface area (Å²) in [5, 5.41) is 10.4. The van der Waals surface area contributed by atoms with Gasteiger partial charge in [0.15, 0.2) is 0 Å². The lowest BCUT2D eigenvalue weighted by Crippen LogP contribution is -1.92. The molecule has 2 rings (SSSR count). The van der Waals surface area contributed by atoms with Gasteiger partial charge in [-0.25, -0.2) is 4.98 Å². The van der Waals surface area contributed by atoms with E-state index in [2.05, 4.69) is 37.0 Å². The van der Waals surface area contributed by atoms with Gasteiger partial charge in [0.1, 0.15) is 5.03 Å². The first kappa shape index (κ1) is 13.1. The first-order valence-corrected chi connectivity index (χ1v) is 6.77. The van der Waals surface area contributed by atoms with Gasteiger partial charge in [-0.15, -0.1) is 0 Å². The van der Waals surface area contributed by atoms with Crippen molar-refractivity contribution in [2.24, 2.45) is 0 Å². The van der Waals surface area contributed by atoms with Crippen molar-refractivity contribution in [1.29, 1.82) is 0 Å². The zero-order valence-corrected chi connectivity index (χ0v) is 11.7. The molecule has 0 spiro atoms. The van der Waals surface area contributed by atoms with Crippen LogP contribution in [0.3, 0.4) is 0 Å². The molecule has 1 aromatic carbocycles. The van der Waals surface area contributed by atoms with E-state index in [-0.39, 0.29) is 0 Å². The second kappa shape index (κ2) is 5.55. The van der Waals surface area contributed by atoms with Crippen LogP contribution in [-0.2, 0) is 0 Å². The minimum atomic E-state index is -0.460. The van der Waals surface area contributed by atoms with Crippen LogP contribution in [-0.4, -0.2) is 10.1 Å². The van der Waals surface area contributed by atoms with E-state index < -0.39 is 6.10 Å². The maximum absolute atomic E-state index is 9.43. The van der Waals surface area contributed by atoms with Gasteiger partial charge in [-0.05, 0) is 44.0 Å². The van der Waals surface area contributed by atoms with Crippen LogP contribution in [0, 0.1) is 13.8 Å². The molecule has 0 amide bonds. The number of benzene rings is 1. The highest BCUT2D eigenvalue weighted by Gasteiger charge is 2.04. The minimum Gasteiger partial charge on any atom is -0.389 e. The van der Waals surface area contributed by atoms with Crippen molar-refractivity contribution < 1.29 is 5.11 Å². The SMILES string of the molecule is Cc1ccc(Sc2ccc([C@@H](C)O)cn2)c(C)c1. The van der Waals surface area contributed by atoms with Crippen LogP contribution in [0.15, 0.2) is 46.5 Å². The third kappa shape index (κ3) is 3.12. The number of hydrogen-bond donors (Lipinski definition) is 1. The number of aromatic nitrogens is 1. The van der Waals surface area contributed by atoms with Gasteiger partial charge in [0, 0.05) is 11.1 Å². The van der Waals surface area contributed by atoms with Crippen LogP contribution in [0.4, 0.5) is 0 Å². The van der Waals surface area contributed by atoms with E-state index in [4.69, 9.17) is 0 Å². The number of nitrogens with zero attached hydrogens (tertiary/aromatic N) is 1. The Bertz CT molecular complexity index is 535. The van der Waals surface area contributed by atoms with Crippen LogP contribution >= 0.6 is 11.8 Å². The summed E-state index contributed by atoms with van der Waals surface area (Å²) in [5.41, 5.74) is 3.38. The molecule has 0 aliphatic rings. The number of aliphatic hydroxyl groups is 1. The van der Waals surface area contributed by atoms with E-state index in [0.717, 1.165) is 10.6 Å². The topological polar surface area (TPSA) is 33.1 Å². The number of pyridine rings is 1. The Morgan fingerprint density at radius 3 is 2.50 bits per heavy atom. The lowest BCUT2D eigenvalue weighted by atomic mass is 10.2. The summed E-state index contributed by atoms with van der Waals surface area (Å²) in [4.78, 5) is 5.58. The van der Waals surface area contributed by atoms with Crippen molar-refractivity contribution >= 4 is 11.8 Å². The van der Waals surface area contributed by atoms with Crippen LogP contribution in [0.1, 0.15) is 29.7 Å². The van der Waals surface area contributed by atoms with Gasteiger partial charge in [-0.2, -0.15) is 0 Å². The number of aryl methyl sites for hydroxylation is 2. The fraction of sp³-hybridized carbons (Fsp3) is 0.267. The van der Waals surface area contributed by atoms with E-state index in [1.165, 1.54) is 16.0 Å². The van der Waals surface area contributed by atoms with Gasteiger partial charge in [0.05, 0.1) is 6.10 Å². The van der Waals surface area contributed by atoms with Crippen molar-refractivity contribution in [3.8, 4) is 0 Å². The maximum atomic E-state index is 9.43. The highest BCUT2D eigenvalue weighted by molar-refractivity contribution is 7.99. The summed E-state index contributed by atoms with van der Waals surface area (Å²) < 4.78 is 0. The maximum Gasteiger partial charge on any atom is 0.101 e. The minimum absolute atomic E-state index is 0.460. The summed E-state index contributed by atoms with van der Waals surface area (Å²) >= 11 is 1.65.